The number of hydrogen-bond donors (Lipinski definition) is 1. The summed E-state index contributed by atoms with van der Waals surface area (Å²) < 4.78 is 0.847. The van der Waals surface area contributed by atoms with Gasteiger partial charge >= 0.3 is 0 Å². The fraction of sp³-hybridized carbons (Fsp3) is 0.500. The molecule has 1 aromatic rings. The Bertz CT molecular complexity index is 463. The molecule has 2 atom stereocenters. The lowest BCUT2D eigenvalue weighted by molar-refractivity contribution is 0.0675. The van der Waals surface area contributed by atoms with Crippen molar-refractivity contribution in [2.45, 2.75) is 50.1 Å². The number of carbonyl (C=O) groups excluding carboxylic acids is 1. The Balaban J connectivity index is 2.32. The molecule has 0 spiro atoms. The molecule has 0 aromatic heterocycles. The van der Waals surface area contributed by atoms with Gasteiger partial charge < -0.3 is 4.90 Å². The highest BCUT2D eigenvalue weighted by atomic mass is 79.9. The van der Waals surface area contributed by atoms with Crippen LogP contribution in [0.2, 0.25) is 0 Å². The molecule has 18 heavy (non-hydrogen) atoms. The molecule has 1 fully saturated rings. The second-order valence-electron chi connectivity index (χ2n) is 4.87. The average molecular weight is 328 g/mol. The number of likely N-dealkylation sites (tertiary alicyclic amines) is 1. The smallest absolute Gasteiger partial charge is 0.255 e. The van der Waals surface area contributed by atoms with Gasteiger partial charge in [-0.15, -0.1) is 12.6 Å². The van der Waals surface area contributed by atoms with Crippen molar-refractivity contribution in [3.63, 3.8) is 0 Å². The molecule has 1 aromatic carbocycles. The Labute approximate surface area is 122 Å². The minimum Gasteiger partial charge on any atom is -0.333 e. The number of rotatable bonds is 2. The van der Waals surface area contributed by atoms with Gasteiger partial charge in [-0.25, -0.2) is 0 Å². The van der Waals surface area contributed by atoms with Crippen molar-refractivity contribution in [3.05, 3.63) is 28.2 Å². The van der Waals surface area contributed by atoms with Crippen molar-refractivity contribution in [2.24, 2.45) is 0 Å². The molecule has 1 aliphatic heterocycles. The van der Waals surface area contributed by atoms with Crippen LogP contribution in [0.4, 0.5) is 0 Å². The first-order chi connectivity index (χ1) is 8.54. The highest BCUT2D eigenvalue weighted by Crippen LogP contribution is 2.30. The van der Waals surface area contributed by atoms with Crippen LogP contribution < -0.4 is 0 Å². The predicted molar refractivity (Wildman–Crippen MR) is 80.3 cm³/mol. The quantitative estimate of drug-likeness (QED) is 0.809. The van der Waals surface area contributed by atoms with Gasteiger partial charge in [0.2, 0.25) is 0 Å². The molecule has 2 nitrogen and oxygen atoms in total. The van der Waals surface area contributed by atoms with Crippen LogP contribution in [0.3, 0.4) is 0 Å². The van der Waals surface area contributed by atoms with Gasteiger partial charge in [-0.2, -0.15) is 0 Å². The lowest BCUT2D eigenvalue weighted by Crippen LogP contribution is -2.39. The van der Waals surface area contributed by atoms with Gasteiger partial charge in [0.05, 0.1) is 5.56 Å². The first-order valence-corrected chi connectivity index (χ1v) is 7.59. The van der Waals surface area contributed by atoms with Gasteiger partial charge in [-0.05, 0) is 60.3 Å². The zero-order chi connectivity index (χ0) is 13.3. The monoisotopic (exact) mass is 327 g/mol. The average Bonchev–Trinajstić information content (AvgIpc) is 2.72. The van der Waals surface area contributed by atoms with E-state index in [-0.39, 0.29) is 5.91 Å². The number of amides is 1. The van der Waals surface area contributed by atoms with Crippen LogP contribution in [0.5, 0.6) is 0 Å². The van der Waals surface area contributed by atoms with E-state index in [0.29, 0.717) is 12.1 Å². The van der Waals surface area contributed by atoms with Crippen molar-refractivity contribution in [3.8, 4) is 0 Å². The molecule has 0 aliphatic carbocycles. The van der Waals surface area contributed by atoms with E-state index >= 15 is 0 Å². The molecule has 4 heteroatoms. The molecule has 2 unspecified atom stereocenters. The summed E-state index contributed by atoms with van der Waals surface area (Å²) in [6.07, 6.45) is 3.23. The summed E-state index contributed by atoms with van der Waals surface area (Å²) in [5.41, 5.74) is 0.717. The van der Waals surface area contributed by atoms with E-state index < -0.39 is 0 Å². The second kappa shape index (κ2) is 5.66. The molecule has 0 saturated carbocycles. The largest absolute Gasteiger partial charge is 0.333 e. The Kier molecular flexibility index (Phi) is 4.38. The molecule has 1 saturated heterocycles. The van der Waals surface area contributed by atoms with E-state index in [1.54, 1.807) is 0 Å². The van der Waals surface area contributed by atoms with Crippen molar-refractivity contribution >= 4 is 34.5 Å². The standard InChI is InChI=1S/C14H18BrNOS/c1-3-10-5-4-9(2)16(10)14(17)12-8-11(18)6-7-13(12)15/h6-10,18H,3-5H2,1-2H3. The SMILES string of the molecule is CCC1CCC(C)N1C(=O)c1cc(S)ccc1Br. The van der Waals surface area contributed by atoms with Crippen molar-refractivity contribution in [2.75, 3.05) is 0 Å². The van der Waals surface area contributed by atoms with Crippen molar-refractivity contribution < 1.29 is 4.79 Å². The van der Waals surface area contributed by atoms with Gasteiger partial charge in [-0.3, -0.25) is 4.79 Å². The van der Waals surface area contributed by atoms with Crippen LogP contribution in [0, 0.1) is 0 Å². The Morgan fingerprint density at radius 1 is 1.50 bits per heavy atom. The molecule has 0 radical (unpaired) electrons. The molecule has 1 amide bonds. The van der Waals surface area contributed by atoms with Crippen LogP contribution in [-0.2, 0) is 0 Å². The first-order valence-electron chi connectivity index (χ1n) is 6.35. The normalized spacial score (nSPS) is 23.4. The van der Waals surface area contributed by atoms with Gasteiger partial charge in [0.15, 0.2) is 0 Å². The molecule has 0 N–H and O–H groups in total. The van der Waals surface area contributed by atoms with Crippen LogP contribution in [0.15, 0.2) is 27.6 Å². The zero-order valence-corrected chi connectivity index (χ0v) is 13.2. The third kappa shape index (κ3) is 2.59. The minimum absolute atomic E-state index is 0.120. The van der Waals surface area contributed by atoms with Crippen LogP contribution in [0.25, 0.3) is 0 Å². The summed E-state index contributed by atoms with van der Waals surface area (Å²) in [7, 11) is 0. The van der Waals surface area contributed by atoms with Gasteiger partial charge in [-0.1, -0.05) is 6.92 Å². The number of nitrogens with zero attached hydrogens (tertiary/aromatic N) is 1. The summed E-state index contributed by atoms with van der Waals surface area (Å²) in [6.45, 7) is 4.28. The fourth-order valence-corrected chi connectivity index (χ4v) is 3.27. The number of halogens is 1. The minimum atomic E-state index is 0.120. The van der Waals surface area contributed by atoms with E-state index in [9.17, 15) is 4.79 Å². The molecule has 0 bridgehead atoms. The predicted octanol–water partition coefficient (Wildman–Crippen LogP) is 4.14. The van der Waals surface area contributed by atoms with E-state index in [2.05, 4.69) is 42.4 Å². The summed E-state index contributed by atoms with van der Waals surface area (Å²) >= 11 is 7.77. The lowest BCUT2D eigenvalue weighted by Gasteiger charge is -2.28. The highest BCUT2D eigenvalue weighted by Gasteiger charge is 2.34. The molecular formula is C14H18BrNOS. The van der Waals surface area contributed by atoms with Gasteiger partial charge in [0, 0.05) is 21.5 Å². The summed E-state index contributed by atoms with van der Waals surface area (Å²) in [6, 6.07) is 6.32. The van der Waals surface area contributed by atoms with E-state index in [1.165, 1.54) is 0 Å². The lowest BCUT2D eigenvalue weighted by atomic mass is 10.1. The second-order valence-corrected chi connectivity index (χ2v) is 6.24. The molecule has 98 valence electrons. The maximum absolute atomic E-state index is 12.7. The van der Waals surface area contributed by atoms with E-state index in [0.717, 1.165) is 34.2 Å². The Morgan fingerprint density at radius 3 is 2.89 bits per heavy atom. The number of hydrogen-bond acceptors (Lipinski definition) is 2. The molecular weight excluding hydrogens is 310 g/mol. The molecule has 1 aliphatic rings. The van der Waals surface area contributed by atoms with Crippen molar-refractivity contribution in [1.29, 1.82) is 0 Å². The van der Waals surface area contributed by atoms with Gasteiger partial charge in [0.25, 0.3) is 5.91 Å². The first kappa shape index (κ1) is 13.9. The van der Waals surface area contributed by atoms with Gasteiger partial charge in [0.1, 0.15) is 0 Å². The summed E-state index contributed by atoms with van der Waals surface area (Å²) in [5.74, 6) is 0.120. The van der Waals surface area contributed by atoms with Crippen LogP contribution in [0.1, 0.15) is 43.5 Å². The molecule has 1 heterocycles. The molecule has 2 rings (SSSR count). The van der Waals surface area contributed by atoms with Crippen LogP contribution >= 0.6 is 28.6 Å². The summed E-state index contributed by atoms with van der Waals surface area (Å²) in [4.78, 5) is 15.5. The maximum Gasteiger partial charge on any atom is 0.255 e. The maximum atomic E-state index is 12.7. The number of thiol groups is 1. The topological polar surface area (TPSA) is 20.3 Å². The third-order valence-corrected chi connectivity index (χ3v) is 4.64. The number of carbonyl (C=O) groups is 1. The zero-order valence-electron chi connectivity index (χ0n) is 10.7. The highest BCUT2D eigenvalue weighted by molar-refractivity contribution is 9.10. The van der Waals surface area contributed by atoms with Crippen LogP contribution in [-0.4, -0.2) is 22.9 Å². The Hall–Kier alpha value is -0.480. The Morgan fingerprint density at radius 2 is 2.22 bits per heavy atom. The fourth-order valence-electron chi connectivity index (χ4n) is 2.65. The summed E-state index contributed by atoms with van der Waals surface area (Å²) in [5, 5.41) is 0. The third-order valence-electron chi connectivity index (χ3n) is 3.67. The van der Waals surface area contributed by atoms with E-state index in [4.69, 9.17) is 0 Å². The van der Waals surface area contributed by atoms with E-state index in [1.807, 2.05) is 23.1 Å². The van der Waals surface area contributed by atoms with Crippen molar-refractivity contribution in [1.82, 2.24) is 4.90 Å². The number of benzene rings is 1.